The first-order chi connectivity index (χ1) is 8.63. The van der Waals surface area contributed by atoms with Gasteiger partial charge in [0.25, 0.3) is 0 Å². The molecule has 0 fully saturated rings. The molecule has 0 saturated carbocycles. The number of halogens is 2. The Morgan fingerprint density at radius 2 is 2.00 bits per heavy atom. The highest BCUT2D eigenvalue weighted by Gasteiger charge is 2.11. The van der Waals surface area contributed by atoms with Crippen LogP contribution in [-0.2, 0) is 0 Å². The Labute approximate surface area is 122 Å². The zero-order chi connectivity index (χ0) is 12.7. The van der Waals surface area contributed by atoms with E-state index < -0.39 is 0 Å². The topological polar surface area (TPSA) is 52.0 Å². The molecule has 0 bridgehead atoms. The third kappa shape index (κ3) is 2.06. The van der Waals surface area contributed by atoms with E-state index >= 15 is 0 Å². The first-order valence-corrected chi connectivity index (χ1v) is 6.70. The molecule has 0 atom stereocenters. The number of nitrogens with zero attached hydrogens (tertiary/aromatic N) is 1. The summed E-state index contributed by atoms with van der Waals surface area (Å²) in [5.74, 6) is 0.517. The summed E-state index contributed by atoms with van der Waals surface area (Å²) in [6, 6.07) is 11.1. The standard InChI is InChI=1S/C13H8ClIN2O/c14-7-1-4-11-12(5-7)18-13(17-11)9-6-8(15)2-3-10(9)16/h1-6H,16H2. The molecule has 18 heavy (non-hydrogen) atoms. The second-order valence-electron chi connectivity index (χ2n) is 3.86. The fourth-order valence-corrected chi connectivity index (χ4v) is 2.38. The maximum atomic E-state index is 5.94. The maximum absolute atomic E-state index is 5.94. The molecule has 2 N–H and O–H groups in total. The van der Waals surface area contributed by atoms with Crippen LogP contribution in [0.5, 0.6) is 0 Å². The number of nitrogens with two attached hydrogens (primary N) is 1. The molecule has 3 nitrogen and oxygen atoms in total. The van der Waals surface area contributed by atoms with Gasteiger partial charge >= 0.3 is 0 Å². The van der Waals surface area contributed by atoms with Gasteiger partial charge in [0.05, 0.1) is 5.56 Å². The third-order valence-corrected chi connectivity index (χ3v) is 3.50. The van der Waals surface area contributed by atoms with Crippen molar-refractivity contribution in [3.05, 3.63) is 45.0 Å². The van der Waals surface area contributed by atoms with Crippen LogP contribution >= 0.6 is 34.2 Å². The number of hydrogen-bond acceptors (Lipinski definition) is 3. The van der Waals surface area contributed by atoms with Gasteiger partial charge in [0.2, 0.25) is 5.89 Å². The summed E-state index contributed by atoms with van der Waals surface area (Å²) in [6.07, 6.45) is 0. The summed E-state index contributed by atoms with van der Waals surface area (Å²) in [7, 11) is 0. The van der Waals surface area contributed by atoms with E-state index in [9.17, 15) is 0 Å². The van der Waals surface area contributed by atoms with Crippen LogP contribution < -0.4 is 5.73 Å². The van der Waals surface area contributed by atoms with Gasteiger partial charge in [-0.15, -0.1) is 0 Å². The SMILES string of the molecule is Nc1ccc(I)cc1-c1nc2ccc(Cl)cc2o1. The van der Waals surface area contributed by atoms with Gasteiger partial charge in [-0.3, -0.25) is 0 Å². The number of anilines is 1. The molecule has 0 spiro atoms. The van der Waals surface area contributed by atoms with E-state index in [1.807, 2.05) is 24.3 Å². The van der Waals surface area contributed by atoms with Crippen molar-refractivity contribution in [2.24, 2.45) is 0 Å². The second-order valence-corrected chi connectivity index (χ2v) is 5.54. The molecule has 5 heteroatoms. The van der Waals surface area contributed by atoms with Gasteiger partial charge in [-0.05, 0) is 52.9 Å². The summed E-state index contributed by atoms with van der Waals surface area (Å²) in [5.41, 5.74) is 8.82. The van der Waals surface area contributed by atoms with Crippen molar-refractivity contribution in [3.63, 3.8) is 0 Å². The average molecular weight is 371 g/mol. The lowest BCUT2D eigenvalue weighted by molar-refractivity contribution is 0.620. The summed E-state index contributed by atoms with van der Waals surface area (Å²) < 4.78 is 6.77. The Morgan fingerprint density at radius 1 is 1.17 bits per heavy atom. The van der Waals surface area contributed by atoms with Crippen LogP contribution in [-0.4, -0.2) is 4.98 Å². The fraction of sp³-hybridized carbons (Fsp3) is 0. The molecule has 0 unspecified atom stereocenters. The molecule has 90 valence electrons. The highest BCUT2D eigenvalue weighted by atomic mass is 127. The molecular weight excluding hydrogens is 363 g/mol. The third-order valence-electron chi connectivity index (χ3n) is 2.60. The Hall–Kier alpha value is -1.27. The first-order valence-electron chi connectivity index (χ1n) is 5.25. The minimum Gasteiger partial charge on any atom is -0.436 e. The number of aromatic nitrogens is 1. The highest BCUT2D eigenvalue weighted by Crippen LogP contribution is 2.30. The van der Waals surface area contributed by atoms with Crippen LogP contribution in [0.3, 0.4) is 0 Å². The van der Waals surface area contributed by atoms with Gasteiger partial charge in [-0.1, -0.05) is 11.6 Å². The van der Waals surface area contributed by atoms with Crippen molar-refractivity contribution >= 4 is 51.0 Å². The van der Waals surface area contributed by atoms with Gasteiger partial charge in [-0.25, -0.2) is 4.98 Å². The van der Waals surface area contributed by atoms with Crippen molar-refractivity contribution in [2.75, 3.05) is 5.73 Å². The minimum atomic E-state index is 0.517. The van der Waals surface area contributed by atoms with Crippen molar-refractivity contribution < 1.29 is 4.42 Å². The molecule has 0 aliphatic carbocycles. The smallest absolute Gasteiger partial charge is 0.229 e. The number of nitrogen functional groups attached to an aromatic ring is 1. The molecule has 1 heterocycles. The van der Waals surface area contributed by atoms with Crippen LogP contribution in [0.1, 0.15) is 0 Å². The van der Waals surface area contributed by atoms with E-state index in [0.29, 0.717) is 22.2 Å². The lowest BCUT2D eigenvalue weighted by atomic mass is 10.2. The molecule has 2 aromatic carbocycles. The van der Waals surface area contributed by atoms with E-state index in [2.05, 4.69) is 27.6 Å². The lowest BCUT2D eigenvalue weighted by Gasteiger charge is -2.01. The molecule has 0 aliphatic heterocycles. The van der Waals surface area contributed by atoms with Gasteiger partial charge in [0.1, 0.15) is 5.52 Å². The number of hydrogen-bond donors (Lipinski definition) is 1. The zero-order valence-corrected chi connectivity index (χ0v) is 12.1. The zero-order valence-electron chi connectivity index (χ0n) is 9.15. The molecule has 0 saturated heterocycles. The van der Waals surface area contributed by atoms with Crippen molar-refractivity contribution in [1.82, 2.24) is 4.98 Å². The highest BCUT2D eigenvalue weighted by molar-refractivity contribution is 14.1. The van der Waals surface area contributed by atoms with E-state index in [4.69, 9.17) is 21.8 Å². The van der Waals surface area contributed by atoms with E-state index in [-0.39, 0.29) is 0 Å². The minimum absolute atomic E-state index is 0.517. The first kappa shape index (κ1) is 11.8. The summed E-state index contributed by atoms with van der Waals surface area (Å²) in [4.78, 5) is 4.42. The number of rotatable bonds is 1. The van der Waals surface area contributed by atoms with Crippen molar-refractivity contribution in [3.8, 4) is 11.5 Å². The van der Waals surface area contributed by atoms with Crippen LogP contribution in [0.15, 0.2) is 40.8 Å². The van der Waals surface area contributed by atoms with Crippen LogP contribution in [0.4, 0.5) is 5.69 Å². The van der Waals surface area contributed by atoms with Crippen LogP contribution in [0, 0.1) is 3.57 Å². The van der Waals surface area contributed by atoms with Gasteiger partial charge in [-0.2, -0.15) is 0 Å². The summed E-state index contributed by atoms with van der Waals surface area (Å²) in [6.45, 7) is 0. The lowest BCUT2D eigenvalue weighted by Crippen LogP contribution is -1.90. The summed E-state index contributed by atoms with van der Waals surface area (Å²) >= 11 is 8.14. The monoisotopic (exact) mass is 370 g/mol. The van der Waals surface area contributed by atoms with Gasteiger partial charge < -0.3 is 10.2 Å². The van der Waals surface area contributed by atoms with Crippen LogP contribution in [0.2, 0.25) is 5.02 Å². The predicted molar refractivity (Wildman–Crippen MR) is 81.6 cm³/mol. The molecule has 1 aromatic heterocycles. The maximum Gasteiger partial charge on any atom is 0.229 e. The molecule has 0 amide bonds. The number of oxazole rings is 1. The predicted octanol–water partition coefficient (Wildman–Crippen LogP) is 4.34. The number of fused-ring (bicyclic) bond motifs is 1. The Morgan fingerprint density at radius 3 is 2.83 bits per heavy atom. The van der Waals surface area contributed by atoms with Crippen LogP contribution in [0.25, 0.3) is 22.6 Å². The molecule has 3 rings (SSSR count). The molecular formula is C13H8ClIN2O. The average Bonchev–Trinajstić information content (AvgIpc) is 2.74. The quantitative estimate of drug-likeness (QED) is 0.512. The number of benzene rings is 2. The normalized spacial score (nSPS) is 11.0. The molecule has 3 aromatic rings. The van der Waals surface area contributed by atoms with Crippen molar-refractivity contribution in [2.45, 2.75) is 0 Å². The largest absolute Gasteiger partial charge is 0.436 e. The fourth-order valence-electron chi connectivity index (χ4n) is 1.73. The van der Waals surface area contributed by atoms with Gasteiger partial charge in [0.15, 0.2) is 5.58 Å². The summed E-state index contributed by atoms with van der Waals surface area (Å²) in [5, 5.41) is 0.626. The van der Waals surface area contributed by atoms with Gasteiger partial charge in [0, 0.05) is 20.3 Å². The Kier molecular flexibility index (Phi) is 2.91. The Bertz CT molecular complexity index is 739. The second kappa shape index (κ2) is 4.44. The Balaban J connectivity index is 2.22. The van der Waals surface area contributed by atoms with E-state index in [0.717, 1.165) is 14.7 Å². The van der Waals surface area contributed by atoms with E-state index in [1.54, 1.807) is 12.1 Å². The van der Waals surface area contributed by atoms with E-state index in [1.165, 1.54) is 0 Å². The molecule has 0 radical (unpaired) electrons. The van der Waals surface area contributed by atoms with Crippen molar-refractivity contribution in [1.29, 1.82) is 0 Å². The molecule has 0 aliphatic rings.